The van der Waals surface area contributed by atoms with Crippen LogP contribution in [0.2, 0.25) is 18.1 Å². The maximum Gasteiger partial charge on any atom is 0.0727 e. The Morgan fingerprint density at radius 1 is 0.720 bits per heavy atom. The Balaban J connectivity index is 2.69. The molecule has 0 saturated carbocycles. The van der Waals surface area contributed by atoms with Gasteiger partial charge in [0.1, 0.15) is 0 Å². The molecular weight excluding hydrogens is 318 g/mol. The van der Waals surface area contributed by atoms with E-state index in [-0.39, 0.29) is 0 Å². The molecule has 1 heterocycles. The predicted octanol–water partition coefficient (Wildman–Crippen LogP) is 7.59. The third-order valence-corrected chi connectivity index (χ3v) is 11.4. The molecule has 0 bridgehead atoms. The Morgan fingerprint density at radius 3 is 1.56 bits per heavy atom. The summed E-state index contributed by atoms with van der Waals surface area (Å²) in [7, 11) is -1.17. The average Bonchev–Trinajstić information content (AvgIpc) is 2.63. The van der Waals surface area contributed by atoms with E-state index in [1.54, 1.807) is 0 Å². The molecular formula is C23H47NSi. The first-order valence-electron chi connectivity index (χ1n) is 11.6. The van der Waals surface area contributed by atoms with Gasteiger partial charge >= 0.3 is 0 Å². The van der Waals surface area contributed by atoms with Gasteiger partial charge < -0.3 is 4.90 Å². The van der Waals surface area contributed by atoms with Crippen LogP contribution in [0.3, 0.4) is 0 Å². The number of rotatable bonds is 8. The molecule has 1 aliphatic rings. The minimum atomic E-state index is -1.17. The minimum Gasteiger partial charge on any atom is -0.306 e. The molecule has 148 valence electrons. The van der Waals surface area contributed by atoms with E-state index in [2.05, 4.69) is 37.8 Å². The molecule has 2 heteroatoms. The van der Waals surface area contributed by atoms with E-state index in [4.69, 9.17) is 0 Å². The zero-order chi connectivity index (χ0) is 18.2. The normalized spacial score (nSPS) is 20.1. The first-order chi connectivity index (χ1) is 12.3. The van der Waals surface area contributed by atoms with E-state index in [9.17, 15) is 0 Å². The summed E-state index contributed by atoms with van der Waals surface area (Å²) in [6, 6.07) is 4.48. The second kappa shape index (κ2) is 15.0. The molecule has 0 aromatic heterocycles. The molecule has 25 heavy (non-hydrogen) atoms. The van der Waals surface area contributed by atoms with Crippen LogP contribution in [0, 0.1) is 0 Å². The highest BCUT2D eigenvalue weighted by Gasteiger charge is 2.31. The van der Waals surface area contributed by atoms with Gasteiger partial charge in [-0.05, 0) is 45.1 Å². The van der Waals surface area contributed by atoms with E-state index >= 15 is 0 Å². The van der Waals surface area contributed by atoms with Crippen LogP contribution >= 0.6 is 0 Å². The maximum absolute atomic E-state index is 2.92. The standard InChI is InChI=1S/C23H47NSi/c1-4-7-22-25(20-5-2,21-6-3)23-24-18-16-14-12-10-8-9-11-13-15-17-19-24/h4,7H,5-6,8-23H2,1-3H3/b7-4+. The minimum absolute atomic E-state index is 1.17. The fourth-order valence-corrected chi connectivity index (χ4v) is 10.0. The van der Waals surface area contributed by atoms with Crippen molar-refractivity contribution in [3.63, 3.8) is 0 Å². The Hall–Kier alpha value is -0.0831. The molecule has 0 N–H and O–H groups in total. The Kier molecular flexibility index (Phi) is 13.8. The van der Waals surface area contributed by atoms with Crippen LogP contribution in [-0.2, 0) is 0 Å². The van der Waals surface area contributed by atoms with E-state index in [0.29, 0.717) is 0 Å². The molecule has 0 aromatic rings. The van der Waals surface area contributed by atoms with Crippen molar-refractivity contribution < 1.29 is 0 Å². The van der Waals surface area contributed by atoms with Gasteiger partial charge in [0.25, 0.3) is 0 Å². The lowest BCUT2D eigenvalue weighted by Gasteiger charge is -2.37. The van der Waals surface area contributed by atoms with Crippen LogP contribution in [0.1, 0.15) is 97.8 Å². The molecule has 0 aliphatic carbocycles. The Morgan fingerprint density at radius 2 is 1.16 bits per heavy atom. The molecule has 0 amide bonds. The molecule has 0 unspecified atom stereocenters. The summed E-state index contributed by atoms with van der Waals surface area (Å²) in [6.45, 7) is 9.77. The molecule has 1 nitrogen and oxygen atoms in total. The molecule has 1 fully saturated rings. The van der Waals surface area contributed by atoms with Crippen molar-refractivity contribution in [2.24, 2.45) is 0 Å². The predicted molar refractivity (Wildman–Crippen MR) is 118 cm³/mol. The van der Waals surface area contributed by atoms with Crippen molar-refractivity contribution in [3.8, 4) is 0 Å². The molecule has 1 aliphatic heterocycles. The fourth-order valence-electron chi connectivity index (χ4n) is 4.81. The van der Waals surface area contributed by atoms with Crippen molar-refractivity contribution in [3.05, 3.63) is 12.2 Å². The van der Waals surface area contributed by atoms with Gasteiger partial charge in [0, 0.05) is 0 Å². The molecule has 1 saturated heterocycles. The third-order valence-electron chi connectivity index (χ3n) is 6.10. The lowest BCUT2D eigenvalue weighted by molar-refractivity contribution is 0.294. The van der Waals surface area contributed by atoms with Gasteiger partial charge in [-0.3, -0.25) is 0 Å². The number of allylic oxidation sites excluding steroid dienone is 2. The summed E-state index contributed by atoms with van der Waals surface area (Å²) in [5.41, 5.74) is 0. The first-order valence-corrected chi connectivity index (χ1v) is 14.4. The van der Waals surface area contributed by atoms with E-state index in [1.165, 1.54) is 114 Å². The van der Waals surface area contributed by atoms with Gasteiger partial charge in [-0.25, -0.2) is 0 Å². The van der Waals surface area contributed by atoms with Crippen molar-refractivity contribution >= 4 is 8.07 Å². The van der Waals surface area contributed by atoms with Crippen LogP contribution in [0.5, 0.6) is 0 Å². The van der Waals surface area contributed by atoms with Gasteiger partial charge in [-0.1, -0.05) is 102 Å². The van der Waals surface area contributed by atoms with Gasteiger partial charge in [0.15, 0.2) is 0 Å². The topological polar surface area (TPSA) is 3.24 Å². The zero-order valence-electron chi connectivity index (χ0n) is 17.8. The summed E-state index contributed by atoms with van der Waals surface area (Å²) in [5.74, 6) is 0. The van der Waals surface area contributed by atoms with E-state index in [1.807, 2.05) is 0 Å². The monoisotopic (exact) mass is 365 g/mol. The van der Waals surface area contributed by atoms with Gasteiger partial charge in [-0.15, -0.1) is 0 Å². The van der Waals surface area contributed by atoms with Crippen molar-refractivity contribution in [2.75, 3.05) is 19.3 Å². The molecule has 0 aromatic carbocycles. The van der Waals surface area contributed by atoms with Crippen molar-refractivity contribution in [2.45, 2.75) is 116 Å². The largest absolute Gasteiger partial charge is 0.306 e. The molecule has 1 rings (SSSR count). The summed E-state index contributed by atoms with van der Waals surface area (Å²) in [6.07, 6.45) is 23.7. The summed E-state index contributed by atoms with van der Waals surface area (Å²) >= 11 is 0. The van der Waals surface area contributed by atoms with Crippen LogP contribution in [-0.4, -0.2) is 32.2 Å². The SMILES string of the molecule is C/C=C/C[Si](CCC)(CCC)CN1CCCCCCCCCCCC1. The molecule has 0 atom stereocenters. The summed E-state index contributed by atoms with van der Waals surface area (Å²) in [5, 5.41) is 0. The highest BCUT2D eigenvalue weighted by atomic mass is 28.3. The second-order valence-corrected chi connectivity index (χ2v) is 13.3. The Labute approximate surface area is 160 Å². The highest BCUT2D eigenvalue weighted by molar-refractivity contribution is 6.80. The van der Waals surface area contributed by atoms with Gasteiger partial charge in [-0.2, -0.15) is 0 Å². The quantitative estimate of drug-likeness (QED) is 0.316. The summed E-state index contributed by atoms with van der Waals surface area (Å²) in [4.78, 5) is 2.92. The van der Waals surface area contributed by atoms with Crippen LogP contribution < -0.4 is 0 Å². The number of hydrogen-bond acceptors (Lipinski definition) is 1. The molecule has 0 spiro atoms. The van der Waals surface area contributed by atoms with E-state index < -0.39 is 8.07 Å². The maximum atomic E-state index is 2.92. The number of hydrogen-bond donors (Lipinski definition) is 0. The fraction of sp³-hybridized carbons (Fsp3) is 0.913. The lowest BCUT2D eigenvalue weighted by Crippen LogP contribution is -2.47. The summed E-state index contributed by atoms with van der Waals surface area (Å²) < 4.78 is 0. The third kappa shape index (κ3) is 10.6. The van der Waals surface area contributed by atoms with Crippen LogP contribution in [0.4, 0.5) is 0 Å². The molecule has 0 radical (unpaired) electrons. The highest BCUT2D eigenvalue weighted by Crippen LogP contribution is 2.27. The van der Waals surface area contributed by atoms with Crippen LogP contribution in [0.15, 0.2) is 12.2 Å². The van der Waals surface area contributed by atoms with Crippen molar-refractivity contribution in [1.82, 2.24) is 4.90 Å². The average molecular weight is 366 g/mol. The van der Waals surface area contributed by atoms with Crippen molar-refractivity contribution in [1.29, 1.82) is 0 Å². The van der Waals surface area contributed by atoms with Gasteiger partial charge in [0.05, 0.1) is 8.07 Å². The van der Waals surface area contributed by atoms with E-state index in [0.717, 1.165) is 0 Å². The number of nitrogens with zero attached hydrogens (tertiary/aromatic N) is 1. The first kappa shape index (κ1) is 23.0. The Bertz CT molecular complexity index is 306. The van der Waals surface area contributed by atoms with Crippen LogP contribution in [0.25, 0.3) is 0 Å². The van der Waals surface area contributed by atoms with Gasteiger partial charge in [0.2, 0.25) is 0 Å². The lowest BCUT2D eigenvalue weighted by atomic mass is 10.1. The smallest absolute Gasteiger partial charge is 0.0727 e. The second-order valence-electron chi connectivity index (χ2n) is 8.58. The zero-order valence-corrected chi connectivity index (χ0v) is 18.8.